The number of methoxy groups -OCH3 is 3. The number of carbonyl (C=O) groups is 2. The topological polar surface area (TPSA) is 114 Å². The Kier molecular flexibility index (Phi) is 11.8. The summed E-state index contributed by atoms with van der Waals surface area (Å²) < 4.78 is 59.2. The maximum absolute atomic E-state index is 14.3. The van der Waals surface area contributed by atoms with Gasteiger partial charge in [-0.15, -0.1) is 0 Å². The fourth-order valence-corrected chi connectivity index (χ4v) is 6.16. The molecule has 0 aromatic heterocycles. The first-order valence-corrected chi connectivity index (χ1v) is 15.6. The highest BCUT2D eigenvalue weighted by Gasteiger charge is 2.35. The van der Waals surface area contributed by atoms with Gasteiger partial charge in [-0.25, -0.2) is 12.8 Å². The molecule has 0 radical (unpaired) electrons. The number of nitrogens with zero attached hydrogens (tertiary/aromatic N) is 2. The van der Waals surface area contributed by atoms with Crippen molar-refractivity contribution in [2.24, 2.45) is 0 Å². The van der Waals surface area contributed by atoms with E-state index in [1.54, 1.807) is 20.8 Å². The highest BCUT2D eigenvalue weighted by Crippen LogP contribution is 2.37. The van der Waals surface area contributed by atoms with Crippen LogP contribution in [0.25, 0.3) is 0 Å². The third-order valence-electron chi connectivity index (χ3n) is 6.71. The van der Waals surface area contributed by atoms with Gasteiger partial charge in [0.2, 0.25) is 11.8 Å². The Morgan fingerprint density at radius 3 is 2.09 bits per heavy atom. The van der Waals surface area contributed by atoms with E-state index < -0.39 is 40.2 Å². The van der Waals surface area contributed by atoms with Crippen molar-refractivity contribution in [1.82, 2.24) is 10.2 Å². The predicted octanol–water partition coefficient (Wildman–Crippen LogP) is 5.03. The van der Waals surface area contributed by atoms with Gasteiger partial charge in [-0.05, 0) is 68.3 Å². The minimum Gasteiger partial charge on any atom is -0.495 e. The van der Waals surface area contributed by atoms with E-state index in [-0.39, 0.29) is 46.1 Å². The number of sulfonamides is 1. The van der Waals surface area contributed by atoms with E-state index in [0.717, 1.165) is 4.31 Å². The molecule has 0 saturated heterocycles. The molecule has 238 valence electrons. The fraction of sp³-hybridized carbons (Fsp3) is 0.355. The number of hydrogen-bond acceptors (Lipinski definition) is 7. The molecule has 0 unspecified atom stereocenters. The third-order valence-corrected chi connectivity index (χ3v) is 8.71. The lowest BCUT2D eigenvalue weighted by Gasteiger charge is -2.34. The van der Waals surface area contributed by atoms with Gasteiger partial charge in [0.05, 0.1) is 31.9 Å². The van der Waals surface area contributed by atoms with Crippen molar-refractivity contribution in [3.8, 4) is 17.2 Å². The molecular weight excluding hydrogens is 613 g/mol. The van der Waals surface area contributed by atoms with Crippen LogP contribution in [0.2, 0.25) is 5.02 Å². The number of nitrogens with one attached hydrogen (secondary N) is 1. The number of halogens is 2. The lowest BCUT2D eigenvalue weighted by atomic mass is 10.1. The molecule has 10 nitrogen and oxygen atoms in total. The van der Waals surface area contributed by atoms with Crippen LogP contribution in [-0.2, 0) is 26.2 Å². The molecule has 2 amide bonds. The molecule has 3 rings (SSSR count). The van der Waals surface area contributed by atoms with E-state index in [4.69, 9.17) is 25.8 Å². The highest BCUT2D eigenvalue weighted by molar-refractivity contribution is 7.92. The summed E-state index contributed by atoms with van der Waals surface area (Å²) in [6.07, 6.45) is 0.231. The number of amides is 2. The van der Waals surface area contributed by atoms with Crippen LogP contribution in [0.5, 0.6) is 17.2 Å². The molecule has 0 aliphatic rings. The molecule has 0 bridgehead atoms. The summed E-state index contributed by atoms with van der Waals surface area (Å²) in [5.41, 5.74) is 0.551. The van der Waals surface area contributed by atoms with Gasteiger partial charge in [0.1, 0.15) is 24.2 Å². The summed E-state index contributed by atoms with van der Waals surface area (Å²) in [5, 5.41) is 3.03. The van der Waals surface area contributed by atoms with E-state index >= 15 is 0 Å². The average molecular weight is 650 g/mol. The Hall–Kier alpha value is -4.03. The van der Waals surface area contributed by atoms with Crippen LogP contribution in [0.15, 0.2) is 65.6 Å². The predicted molar refractivity (Wildman–Crippen MR) is 166 cm³/mol. The number of ether oxygens (including phenoxy) is 3. The van der Waals surface area contributed by atoms with E-state index in [2.05, 4.69) is 5.32 Å². The van der Waals surface area contributed by atoms with Crippen molar-refractivity contribution in [3.05, 3.63) is 77.1 Å². The van der Waals surface area contributed by atoms with Gasteiger partial charge in [-0.1, -0.05) is 30.7 Å². The summed E-state index contributed by atoms with van der Waals surface area (Å²) in [6, 6.07) is 12.8. The Morgan fingerprint density at radius 2 is 1.52 bits per heavy atom. The minimum atomic E-state index is -4.48. The van der Waals surface area contributed by atoms with Crippen LogP contribution in [0.1, 0.15) is 32.8 Å². The average Bonchev–Trinajstić information content (AvgIpc) is 2.99. The Labute approximate surface area is 262 Å². The van der Waals surface area contributed by atoms with Crippen molar-refractivity contribution in [3.63, 3.8) is 0 Å². The van der Waals surface area contributed by atoms with Crippen molar-refractivity contribution in [2.75, 3.05) is 32.2 Å². The summed E-state index contributed by atoms with van der Waals surface area (Å²) in [5.74, 6) is -0.953. The van der Waals surface area contributed by atoms with E-state index in [1.165, 1.54) is 86.9 Å². The third kappa shape index (κ3) is 8.11. The van der Waals surface area contributed by atoms with Crippen molar-refractivity contribution < 1.29 is 36.6 Å². The summed E-state index contributed by atoms with van der Waals surface area (Å²) in [7, 11) is -0.326. The lowest BCUT2D eigenvalue weighted by molar-refractivity contribution is -0.140. The first-order valence-electron chi connectivity index (χ1n) is 13.8. The van der Waals surface area contributed by atoms with E-state index in [1.807, 2.05) is 0 Å². The molecule has 0 spiro atoms. The van der Waals surface area contributed by atoms with Crippen LogP contribution in [0.4, 0.5) is 10.1 Å². The number of carbonyl (C=O) groups excluding carboxylic acids is 2. The molecule has 0 saturated carbocycles. The first kappa shape index (κ1) is 34.5. The van der Waals surface area contributed by atoms with Gasteiger partial charge in [-0.2, -0.15) is 0 Å². The van der Waals surface area contributed by atoms with Crippen LogP contribution in [0.3, 0.4) is 0 Å². The minimum absolute atomic E-state index is 0.00421. The molecule has 13 heteroatoms. The summed E-state index contributed by atoms with van der Waals surface area (Å²) >= 11 is 6.29. The molecular formula is C31H37ClFN3O7S. The van der Waals surface area contributed by atoms with Crippen molar-refractivity contribution in [2.45, 2.75) is 50.7 Å². The van der Waals surface area contributed by atoms with Gasteiger partial charge in [0.15, 0.2) is 11.5 Å². The zero-order chi connectivity index (χ0) is 32.6. The maximum atomic E-state index is 14.3. The molecule has 0 fully saturated rings. The number of anilines is 1. The molecule has 0 aliphatic carbocycles. The maximum Gasteiger partial charge on any atom is 0.265 e. The number of benzene rings is 3. The quantitative estimate of drug-likeness (QED) is 0.261. The van der Waals surface area contributed by atoms with Gasteiger partial charge in [0, 0.05) is 23.7 Å². The van der Waals surface area contributed by atoms with Gasteiger partial charge in [0.25, 0.3) is 10.0 Å². The molecule has 0 aliphatic heterocycles. The van der Waals surface area contributed by atoms with Crippen LogP contribution in [-0.4, -0.2) is 65.1 Å². The highest BCUT2D eigenvalue weighted by atomic mass is 35.5. The van der Waals surface area contributed by atoms with Crippen molar-refractivity contribution >= 4 is 39.1 Å². The summed E-state index contributed by atoms with van der Waals surface area (Å²) in [4.78, 5) is 28.6. The zero-order valence-corrected chi connectivity index (χ0v) is 27.0. The molecule has 3 aromatic carbocycles. The Balaban J connectivity index is 2.17. The van der Waals surface area contributed by atoms with Gasteiger partial charge >= 0.3 is 0 Å². The standard InChI is InChI=1S/C31H37ClFN3O7S/c1-7-25(31(38)34-20(2)3)35(18-21-8-11-23(33)12-9-21)30(37)19-36(26-16-22(32)10-14-27(26)41-4)44(39,40)24-13-15-28(42-5)29(17-24)43-6/h8-17,20,25H,7,18-19H2,1-6H3,(H,34,38)/t25-/m1/s1. The Morgan fingerprint density at radius 1 is 0.909 bits per heavy atom. The van der Waals surface area contributed by atoms with E-state index in [0.29, 0.717) is 11.3 Å². The number of rotatable bonds is 14. The second-order valence-corrected chi connectivity index (χ2v) is 12.4. The van der Waals surface area contributed by atoms with E-state index in [9.17, 15) is 22.4 Å². The zero-order valence-electron chi connectivity index (χ0n) is 25.5. The second-order valence-electron chi connectivity index (χ2n) is 10.1. The smallest absolute Gasteiger partial charge is 0.265 e. The molecule has 1 atom stereocenters. The lowest BCUT2D eigenvalue weighted by Crippen LogP contribution is -2.53. The number of hydrogen-bond donors (Lipinski definition) is 1. The fourth-order valence-electron chi connectivity index (χ4n) is 4.56. The molecule has 0 heterocycles. The first-order chi connectivity index (χ1) is 20.9. The normalized spacial score (nSPS) is 11.9. The largest absolute Gasteiger partial charge is 0.495 e. The Bertz CT molecular complexity index is 1570. The SMILES string of the molecule is CC[C@H](C(=O)NC(C)C)N(Cc1ccc(F)cc1)C(=O)CN(c1cc(Cl)ccc1OC)S(=O)(=O)c1ccc(OC)c(OC)c1. The molecule has 44 heavy (non-hydrogen) atoms. The summed E-state index contributed by atoms with van der Waals surface area (Å²) in [6.45, 7) is 4.52. The molecule has 3 aromatic rings. The monoisotopic (exact) mass is 649 g/mol. The van der Waals surface area contributed by atoms with Crippen molar-refractivity contribution in [1.29, 1.82) is 0 Å². The second kappa shape index (κ2) is 15.1. The molecule has 1 N–H and O–H groups in total. The van der Waals surface area contributed by atoms with Crippen LogP contribution >= 0.6 is 11.6 Å². The van der Waals surface area contributed by atoms with Crippen LogP contribution < -0.4 is 23.8 Å². The van der Waals surface area contributed by atoms with Gasteiger partial charge < -0.3 is 24.4 Å². The van der Waals surface area contributed by atoms with Gasteiger partial charge in [-0.3, -0.25) is 13.9 Å². The van der Waals surface area contributed by atoms with Crippen LogP contribution in [0, 0.1) is 5.82 Å².